The van der Waals surface area contributed by atoms with Crippen LogP contribution < -0.4 is 9.64 Å². The first kappa shape index (κ1) is 23.8. The van der Waals surface area contributed by atoms with Gasteiger partial charge in [0.2, 0.25) is 0 Å². The monoisotopic (exact) mass is 457 g/mol. The average Bonchev–Trinajstić information content (AvgIpc) is 3.01. The van der Waals surface area contributed by atoms with Crippen LogP contribution in [0.3, 0.4) is 0 Å². The van der Waals surface area contributed by atoms with Crippen molar-refractivity contribution in [3.8, 4) is 5.75 Å². The van der Waals surface area contributed by atoms with E-state index in [9.17, 15) is 4.79 Å². The maximum absolute atomic E-state index is 12.7. The molecule has 0 aromatic heterocycles. The molecule has 3 aromatic rings. The van der Waals surface area contributed by atoms with Crippen molar-refractivity contribution in [2.75, 3.05) is 39.1 Å². The Labute approximate surface area is 203 Å². The van der Waals surface area contributed by atoms with Gasteiger partial charge in [0.05, 0.1) is 0 Å². The van der Waals surface area contributed by atoms with Crippen LogP contribution >= 0.6 is 0 Å². The van der Waals surface area contributed by atoms with E-state index in [1.54, 1.807) is 11.9 Å². The predicted molar refractivity (Wildman–Crippen MR) is 139 cm³/mol. The number of nitrogens with zero attached hydrogens (tertiary/aromatic N) is 3. The van der Waals surface area contributed by atoms with Gasteiger partial charge in [0.1, 0.15) is 5.75 Å². The molecular formula is C29H35N3O2. The fraction of sp³-hybridized carbons (Fsp3) is 0.345. The molecule has 1 aliphatic heterocycles. The highest BCUT2D eigenvalue weighted by atomic mass is 16.6. The largest absolute Gasteiger partial charge is 0.414 e. The minimum absolute atomic E-state index is 0.246. The quantitative estimate of drug-likeness (QED) is 0.432. The average molecular weight is 458 g/mol. The number of ether oxygens (including phenoxy) is 1. The van der Waals surface area contributed by atoms with Gasteiger partial charge in [-0.25, -0.2) is 4.79 Å². The van der Waals surface area contributed by atoms with E-state index in [4.69, 9.17) is 4.74 Å². The lowest BCUT2D eigenvalue weighted by atomic mass is 10.0. The van der Waals surface area contributed by atoms with Crippen molar-refractivity contribution in [3.63, 3.8) is 0 Å². The minimum atomic E-state index is -0.327. The highest BCUT2D eigenvalue weighted by Gasteiger charge is 2.20. The van der Waals surface area contributed by atoms with Crippen molar-refractivity contribution in [2.24, 2.45) is 0 Å². The maximum atomic E-state index is 12.7. The second-order valence-electron chi connectivity index (χ2n) is 9.26. The molecular weight excluding hydrogens is 422 g/mol. The summed E-state index contributed by atoms with van der Waals surface area (Å²) in [6.45, 7) is 3.58. The molecule has 5 nitrogen and oxygen atoms in total. The lowest BCUT2D eigenvalue weighted by molar-refractivity contribution is 0.162. The molecule has 5 heteroatoms. The second-order valence-corrected chi connectivity index (χ2v) is 9.26. The third kappa shape index (κ3) is 5.42. The van der Waals surface area contributed by atoms with Gasteiger partial charge in [-0.2, -0.15) is 0 Å². The Hall–Kier alpha value is -3.31. The van der Waals surface area contributed by atoms with Gasteiger partial charge in [0.25, 0.3) is 0 Å². The zero-order valence-corrected chi connectivity index (χ0v) is 20.7. The van der Waals surface area contributed by atoms with Crippen LogP contribution in [-0.2, 0) is 12.8 Å². The molecule has 1 unspecified atom stereocenters. The maximum Gasteiger partial charge on any atom is 0.414 e. The molecule has 0 fully saturated rings. The van der Waals surface area contributed by atoms with E-state index in [-0.39, 0.29) is 12.1 Å². The standard InChI is InChI=1S/C29H35N3O2/c1-22(30(2)3)25-13-9-14-26(21-25)34-29(33)31(4)19-10-20-32-27-15-7-5-11-23(27)17-18-24-12-6-8-16-28(24)32/h5-9,11-16,21-22H,10,17-20H2,1-4H3. The van der Waals surface area contributed by atoms with Gasteiger partial charge in [-0.1, -0.05) is 48.5 Å². The fourth-order valence-electron chi connectivity index (χ4n) is 4.48. The summed E-state index contributed by atoms with van der Waals surface area (Å²) in [6, 6.07) is 25.3. The van der Waals surface area contributed by atoms with Crippen LogP contribution in [-0.4, -0.2) is 50.1 Å². The zero-order chi connectivity index (χ0) is 24.1. The van der Waals surface area contributed by atoms with Crippen LogP contribution in [0, 0.1) is 0 Å². The summed E-state index contributed by atoms with van der Waals surface area (Å²) >= 11 is 0. The summed E-state index contributed by atoms with van der Waals surface area (Å²) in [5.41, 5.74) is 6.40. The molecule has 0 saturated carbocycles. The van der Waals surface area contributed by atoms with Gasteiger partial charge in [0, 0.05) is 37.6 Å². The Morgan fingerprint density at radius 3 is 2.15 bits per heavy atom. The third-order valence-corrected chi connectivity index (χ3v) is 6.74. The number of benzene rings is 3. The third-order valence-electron chi connectivity index (χ3n) is 6.74. The molecule has 1 amide bonds. The molecule has 0 spiro atoms. The van der Waals surface area contributed by atoms with E-state index in [0.29, 0.717) is 12.3 Å². The van der Waals surface area contributed by atoms with Crippen molar-refractivity contribution in [3.05, 3.63) is 89.5 Å². The topological polar surface area (TPSA) is 36.0 Å². The van der Waals surface area contributed by atoms with Gasteiger partial charge in [0.15, 0.2) is 0 Å². The normalized spacial score (nSPS) is 13.6. The van der Waals surface area contributed by atoms with Crippen molar-refractivity contribution in [1.82, 2.24) is 9.80 Å². The van der Waals surface area contributed by atoms with Gasteiger partial charge in [-0.3, -0.25) is 0 Å². The summed E-state index contributed by atoms with van der Waals surface area (Å²) in [7, 11) is 5.88. The Morgan fingerprint density at radius 1 is 0.912 bits per heavy atom. The van der Waals surface area contributed by atoms with Crippen molar-refractivity contribution in [2.45, 2.75) is 32.2 Å². The van der Waals surface area contributed by atoms with E-state index in [0.717, 1.165) is 31.4 Å². The number of rotatable bonds is 7. The van der Waals surface area contributed by atoms with Crippen molar-refractivity contribution in [1.29, 1.82) is 0 Å². The van der Waals surface area contributed by atoms with Crippen LogP contribution in [0.25, 0.3) is 0 Å². The summed E-state index contributed by atoms with van der Waals surface area (Å²) < 4.78 is 5.68. The highest BCUT2D eigenvalue weighted by Crippen LogP contribution is 2.35. The second kappa shape index (κ2) is 10.7. The Balaban J connectivity index is 1.39. The molecule has 0 radical (unpaired) electrons. The molecule has 0 aliphatic carbocycles. The van der Waals surface area contributed by atoms with Crippen LogP contribution in [0.5, 0.6) is 5.75 Å². The molecule has 1 heterocycles. The summed E-state index contributed by atoms with van der Waals surface area (Å²) in [5.74, 6) is 0.582. The lowest BCUT2D eigenvalue weighted by Crippen LogP contribution is -2.32. The summed E-state index contributed by atoms with van der Waals surface area (Å²) in [4.78, 5) is 18.9. The number of carbonyl (C=O) groups excluding carboxylic acids is 1. The number of anilines is 2. The van der Waals surface area contributed by atoms with E-state index in [1.807, 2.05) is 32.3 Å². The molecule has 0 N–H and O–H groups in total. The number of para-hydroxylation sites is 2. The fourth-order valence-corrected chi connectivity index (χ4v) is 4.48. The first-order chi connectivity index (χ1) is 16.4. The van der Waals surface area contributed by atoms with Crippen molar-refractivity contribution >= 4 is 17.5 Å². The number of hydrogen-bond acceptors (Lipinski definition) is 4. The Kier molecular flexibility index (Phi) is 7.53. The molecule has 1 atom stereocenters. The number of hydrogen-bond donors (Lipinski definition) is 0. The number of amides is 1. The smallest absolute Gasteiger partial charge is 0.410 e. The van der Waals surface area contributed by atoms with Crippen LogP contribution in [0.4, 0.5) is 16.2 Å². The van der Waals surface area contributed by atoms with Crippen LogP contribution in [0.15, 0.2) is 72.8 Å². The van der Waals surface area contributed by atoms with Gasteiger partial charge in [-0.15, -0.1) is 0 Å². The molecule has 178 valence electrons. The minimum Gasteiger partial charge on any atom is -0.410 e. The molecule has 3 aromatic carbocycles. The predicted octanol–water partition coefficient (Wildman–Crippen LogP) is 6.07. The van der Waals surface area contributed by atoms with Gasteiger partial charge < -0.3 is 19.4 Å². The summed E-state index contributed by atoms with van der Waals surface area (Å²) in [5, 5.41) is 0. The van der Waals surface area contributed by atoms with E-state index in [2.05, 4.69) is 71.3 Å². The molecule has 0 saturated heterocycles. The zero-order valence-electron chi connectivity index (χ0n) is 20.7. The summed E-state index contributed by atoms with van der Waals surface area (Å²) in [6.07, 6.45) is 2.60. The van der Waals surface area contributed by atoms with E-state index < -0.39 is 0 Å². The highest BCUT2D eigenvalue weighted by molar-refractivity contribution is 5.72. The van der Waals surface area contributed by atoms with Gasteiger partial charge >= 0.3 is 6.09 Å². The first-order valence-electron chi connectivity index (χ1n) is 12.1. The molecule has 34 heavy (non-hydrogen) atoms. The van der Waals surface area contributed by atoms with Crippen LogP contribution in [0.2, 0.25) is 0 Å². The van der Waals surface area contributed by atoms with E-state index >= 15 is 0 Å². The Morgan fingerprint density at radius 2 is 1.53 bits per heavy atom. The Bertz CT molecular complexity index is 1080. The first-order valence-corrected chi connectivity index (χ1v) is 12.1. The number of aryl methyl sites for hydroxylation is 2. The van der Waals surface area contributed by atoms with Gasteiger partial charge in [-0.05, 0) is 81.2 Å². The number of fused-ring (bicyclic) bond motifs is 2. The molecule has 4 rings (SSSR count). The SMILES string of the molecule is CC(c1cccc(OC(=O)N(C)CCCN2c3ccccc3CCc3ccccc32)c1)N(C)C. The molecule has 1 aliphatic rings. The lowest BCUT2D eigenvalue weighted by Gasteiger charge is -2.28. The van der Waals surface area contributed by atoms with E-state index in [1.165, 1.54) is 22.5 Å². The number of carbonyl (C=O) groups is 1. The van der Waals surface area contributed by atoms with Crippen LogP contribution in [0.1, 0.15) is 36.1 Å². The van der Waals surface area contributed by atoms with Crippen molar-refractivity contribution < 1.29 is 9.53 Å². The molecule has 0 bridgehead atoms.